The molecule has 28 heavy (non-hydrogen) atoms. The first-order valence-electron chi connectivity index (χ1n) is 8.14. The highest BCUT2D eigenvalue weighted by atomic mass is 35.5. The van der Waals surface area contributed by atoms with Crippen molar-refractivity contribution >= 4 is 46.8 Å². The monoisotopic (exact) mass is 407 g/mol. The lowest BCUT2D eigenvalue weighted by molar-refractivity contribution is -0.155. The van der Waals surface area contributed by atoms with E-state index in [0.717, 1.165) is 7.11 Å². The number of nitrogens with zero attached hydrogens (tertiary/aromatic N) is 2. The van der Waals surface area contributed by atoms with Gasteiger partial charge in [0.05, 0.1) is 18.9 Å². The number of hydrogen-bond donors (Lipinski definition) is 3. The number of H-pyrrole nitrogens is 1. The third-order valence-corrected chi connectivity index (χ3v) is 4.13. The third kappa shape index (κ3) is 5.13. The van der Waals surface area contributed by atoms with Gasteiger partial charge in [0.1, 0.15) is 5.82 Å². The van der Waals surface area contributed by atoms with E-state index in [1.807, 2.05) is 0 Å². The van der Waals surface area contributed by atoms with Gasteiger partial charge in [-0.25, -0.2) is 9.59 Å². The number of carbonyl (C=O) groups excluding carboxylic acids is 4. The Morgan fingerprint density at radius 3 is 2.36 bits per heavy atom. The molecule has 0 saturated heterocycles. The highest BCUT2D eigenvalue weighted by Crippen LogP contribution is 2.19. The zero-order valence-corrected chi connectivity index (χ0v) is 16.0. The zero-order valence-electron chi connectivity index (χ0n) is 15.3. The molecule has 0 fully saturated rings. The van der Waals surface area contributed by atoms with Crippen LogP contribution in [0.5, 0.6) is 0 Å². The summed E-state index contributed by atoms with van der Waals surface area (Å²) < 4.78 is 4.33. The maximum absolute atomic E-state index is 12.4. The quantitative estimate of drug-likeness (QED) is 0.362. The van der Waals surface area contributed by atoms with Crippen LogP contribution in [0.1, 0.15) is 25.6 Å². The van der Waals surface area contributed by atoms with Crippen molar-refractivity contribution < 1.29 is 23.9 Å². The van der Waals surface area contributed by atoms with Crippen LogP contribution in [0.3, 0.4) is 0 Å². The van der Waals surface area contributed by atoms with Gasteiger partial charge >= 0.3 is 12.0 Å². The van der Waals surface area contributed by atoms with Crippen LogP contribution >= 0.6 is 11.6 Å². The molecule has 148 valence electrons. The second-order valence-electron chi connectivity index (χ2n) is 5.83. The van der Waals surface area contributed by atoms with E-state index in [1.165, 1.54) is 13.8 Å². The Hall–Kier alpha value is -3.27. The number of aromatic nitrogens is 3. The maximum atomic E-state index is 12.4. The zero-order chi connectivity index (χ0) is 20.8. The van der Waals surface area contributed by atoms with Crippen molar-refractivity contribution in [2.45, 2.75) is 19.8 Å². The van der Waals surface area contributed by atoms with Crippen LogP contribution in [-0.2, 0) is 19.1 Å². The molecule has 1 aromatic carbocycles. The Labute approximate surface area is 165 Å². The van der Waals surface area contributed by atoms with Crippen molar-refractivity contribution in [1.29, 1.82) is 0 Å². The summed E-state index contributed by atoms with van der Waals surface area (Å²) >= 11 is 5.78. The van der Waals surface area contributed by atoms with Gasteiger partial charge in [-0.15, -0.1) is 5.10 Å². The number of Topliss-reactive ketones (excluding diaryl/α,β-unsaturated/α-hetero) is 2. The number of carbonyl (C=O) groups is 4. The lowest BCUT2D eigenvalue weighted by atomic mass is 9.91. The number of halogens is 1. The fourth-order valence-electron chi connectivity index (χ4n) is 2.24. The number of ether oxygens (including phenoxy) is 1. The van der Waals surface area contributed by atoms with E-state index in [9.17, 15) is 19.2 Å². The van der Waals surface area contributed by atoms with Crippen molar-refractivity contribution in [1.82, 2.24) is 15.2 Å². The molecule has 3 N–H and O–H groups in total. The summed E-state index contributed by atoms with van der Waals surface area (Å²) in [5.74, 6) is -4.55. The molecule has 0 spiro atoms. The van der Waals surface area contributed by atoms with Crippen molar-refractivity contribution in [3.8, 4) is 0 Å². The third-order valence-electron chi connectivity index (χ3n) is 3.87. The number of aromatic amines is 1. The number of anilines is 2. The summed E-state index contributed by atoms with van der Waals surface area (Å²) in [7, 11) is 1.06. The molecule has 11 heteroatoms. The molecule has 2 atom stereocenters. The molecular formula is C17H18ClN5O5. The minimum Gasteiger partial charge on any atom is -0.463 e. The van der Waals surface area contributed by atoms with E-state index in [1.54, 1.807) is 24.3 Å². The van der Waals surface area contributed by atoms with Gasteiger partial charge in [-0.2, -0.15) is 4.98 Å². The predicted octanol–water partition coefficient (Wildman–Crippen LogP) is 2.15. The molecule has 0 bridgehead atoms. The molecule has 0 aliphatic heterocycles. The average molecular weight is 408 g/mol. The Morgan fingerprint density at radius 2 is 1.75 bits per heavy atom. The van der Waals surface area contributed by atoms with Crippen LogP contribution < -0.4 is 10.6 Å². The summed E-state index contributed by atoms with van der Waals surface area (Å²) in [6.07, 6.45) is 0. The Bertz CT molecular complexity index is 896. The summed E-state index contributed by atoms with van der Waals surface area (Å²) in [6, 6.07) is 5.87. The van der Waals surface area contributed by atoms with E-state index in [2.05, 4.69) is 30.6 Å². The van der Waals surface area contributed by atoms with E-state index >= 15 is 0 Å². The van der Waals surface area contributed by atoms with Gasteiger partial charge in [-0.3, -0.25) is 20.0 Å². The average Bonchev–Trinajstić information content (AvgIpc) is 3.14. The van der Waals surface area contributed by atoms with Crippen LogP contribution in [0.15, 0.2) is 24.3 Å². The molecule has 2 aromatic rings. The molecule has 0 aliphatic rings. The van der Waals surface area contributed by atoms with Gasteiger partial charge in [0, 0.05) is 10.7 Å². The SMILES string of the molecule is COC(=O)C(=O)[C@H](C)C(=O)[C@@H](C)c1nc(NC(=O)Nc2ccc(Cl)cc2)n[nH]1. The van der Waals surface area contributed by atoms with Crippen molar-refractivity contribution in [3.63, 3.8) is 0 Å². The Balaban J connectivity index is 1.99. The number of rotatable bonds is 7. The molecular weight excluding hydrogens is 390 g/mol. The summed E-state index contributed by atoms with van der Waals surface area (Å²) in [5.41, 5.74) is 0.511. The van der Waals surface area contributed by atoms with Crippen LogP contribution in [0.4, 0.5) is 16.4 Å². The number of urea groups is 1. The minimum absolute atomic E-state index is 0.0620. The van der Waals surface area contributed by atoms with Gasteiger partial charge in [0.2, 0.25) is 11.7 Å². The van der Waals surface area contributed by atoms with E-state index in [-0.39, 0.29) is 11.8 Å². The number of hydrogen-bond acceptors (Lipinski definition) is 7. The van der Waals surface area contributed by atoms with E-state index < -0.39 is 35.4 Å². The normalized spacial score (nSPS) is 12.6. The highest BCUT2D eigenvalue weighted by Gasteiger charge is 2.33. The van der Waals surface area contributed by atoms with Crippen LogP contribution in [0.2, 0.25) is 5.02 Å². The lowest BCUT2D eigenvalue weighted by Crippen LogP contribution is -2.31. The van der Waals surface area contributed by atoms with Gasteiger partial charge in [0.25, 0.3) is 0 Å². The second kappa shape index (κ2) is 9.09. The largest absolute Gasteiger partial charge is 0.463 e. The molecule has 0 radical (unpaired) electrons. The fourth-order valence-corrected chi connectivity index (χ4v) is 2.36. The van der Waals surface area contributed by atoms with Crippen LogP contribution in [0, 0.1) is 5.92 Å². The number of methoxy groups -OCH3 is 1. The molecule has 2 rings (SSSR count). The molecule has 2 amide bonds. The number of benzene rings is 1. The number of nitrogens with one attached hydrogen (secondary N) is 3. The van der Waals surface area contributed by atoms with E-state index in [4.69, 9.17) is 11.6 Å². The van der Waals surface area contributed by atoms with Gasteiger partial charge in [-0.05, 0) is 38.1 Å². The summed E-state index contributed by atoms with van der Waals surface area (Å²) in [6.45, 7) is 2.81. The number of ketones is 2. The lowest BCUT2D eigenvalue weighted by Gasteiger charge is -2.12. The molecule has 0 saturated carbocycles. The first-order chi connectivity index (χ1) is 13.2. The Morgan fingerprint density at radius 1 is 1.11 bits per heavy atom. The molecule has 1 heterocycles. The van der Waals surface area contributed by atoms with Crippen LogP contribution in [0.25, 0.3) is 0 Å². The van der Waals surface area contributed by atoms with Gasteiger partial charge < -0.3 is 10.1 Å². The van der Waals surface area contributed by atoms with Gasteiger partial charge in [-0.1, -0.05) is 11.6 Å². The van der Waals surface area contributed by atoms with Crippen molar-refractivity contribution in [2.24, 2.45) is 5.92 Å². The first-order valence-corrected chi connectivity index (χ1v) is 8.52. The Kier molecular flexibility index (Phi) is 6.83. The number of amides is 2. The second-order valence-corrected chi connectivity index (χ2v) is 6.27. The van der Waals surface area contributed by atoms with Crippen LogP contribution in [-0.4, -0.2) is 45.9 Å². The molecule has 1 aromatic heterocycles. The maximum Gasteiger partial charge on any atom is 0.375 e. The first kappa shape index (κ1) is 21.0. The molecule has 0 aliphatic carbocycles. The summed E-state index contributed by atoms with van der Waals surface area (Å²) in [4.78, 5) is 51.4. The summed E-state index contributed by atoms with van der Waals surface area (Å²) in [5, 5.41) is 11.8. The minimum atomic E-state index is -1.20. The van der Waals surface area contributed by atoms with Crippen molar-refractivity contribution in [3.05, 3.63) is 35.1 Å². The smallest absolute Gasteiger partial charge is 0.375 e. The standard InChI is InChI=1S/C17H18ClN5O5/c1-8(13(25)15(26)28-3)12(24)9(2)14-20-16(23-22-14)21-17(27)19-11-6-4-10(18)5-7-11/h4-9H,1-3H3,(H3,19,20,21,22,23,27)/t8-,9-/m1/s1. The van der Waals surface area contributed by atoms with Gasteiger partial charge in [0.15, 0.2) is 5.78 Å². The topological polar surface area (TPSA) is 143 Å². The van der Waals surface area contributed by atoms with Crippen molar-refractivity contribution in [2.75, 3.05) is 17.7 Å². The highest BCUT2D eigenvalue weighted by molar-refractivity contribution is 6.38. The molecule has 0 unspecified atom stereocenters. The fraction of sp³-hybridized carbons (Fsp3) is 0.294. The number of esters is 1. The van der Waals surface area contributed by atoms with E-state index in [0.29, 0.717) is 10.7 Å². The molecule has 10 nitrogen and oxygen atoms in total. The predicted molar refractivity (Wildman–Crippen MR) is 100 cm³/mol.